The molecule has 0 radical (unpaired) electrons. The molecule has 0 aliphatic heterocycles. The molecule has 1 aromatic rings. The molecule has 1 nitrogen and oxygen atoms in total. The summed E-state index contributed by atoms with van der Waals surface area (Å²) in [6.45, 7) is -1.03. The molecule has 0 aliphatic rings. The van der Waals surface area contributed by atoms with Crippen LogP contribution in [0, 0.1) is 0 Å². The van der Waals surface area contributed by atoms with Gasteiger partial charge in [0.2, 0.25) is 11.6 Å². The van der Waals surface area contributed by atoms with E-state index in [0.29, 0.717) is 0 Å². The third-order valence-corrected chi connectivity index (χ3v) is 2.31. The van der Waals surface area contributed by atoms with Crippen LogP contribution >= 0.6 is 0 Å². The molecule has 22 heavy (non-hydrogen) atoms. The highest BCUT2D eigenvalue weighted by molar-refractivity contribution is 5.18. The Morgan fingerprint density at radius 3 is 1.77 bits per heavy atom. The van der Waals surface area contributed by atoms with Crippen molar-refractivity contribution < 1.29 is 44.3 Å². The number of halogens is 9. The lowest BCUT2D eigenvalue weighted by molar-refractivity contribution is -0.274. The second-order valence-electron chi connectivity index (χ2n) is 3.99. The molecule has 0 saturated carbocycles. The van der Waals surface area contributed by atoms with Crippen LogP contribution in [0.5, 0.6) is 0 Å². The summed E-state index contributed by atoms with van der Waals surface area (Å²) >= 11 is 0. The van der Waals surface area contributed by atoms with Crippen LogP contribution in [0.1, 0.15) is 5.56 Å². The quantitative estimate of drug-likeness (QED) is 0.545. The van der Waals surface area contributed by atoms with Crippen molar-refractivity contribution in [1.82, 2.24) is 0 Å². The van der Waals surface area contributed by atoms with E-state index in [1.807, 2.05) is 0 Å². The Balaban J connectivity index is 3.15. The first kappa shape index (κ1) is 18.2. The Bertz CT molecular complexity index is 528. The topological polar surface area (TPSA) is 9.23 Å². The summed E-state index contributed by atoms with van der Waals surface area (Å²) in [7, 11) is 0. The van der Waals surface area contributed by atoms with Gasteiger partial charge in [0.15, 0.2) is 0 Å². The van der Waals surface area contributed by atoms with E-state index in [0.717, 1.165) is 0 Å². The average molecular weight is 338 g/mol. The van der Waals surface area contributed by atoms with Crippen LogP contribution in [0.4, 0.5) is 39.5 Å². The van der Waals surface area contributed by atoms with Crippen LogP contribution < -0.4 is 0 Å². The van der Waals surface area contributed by atoms with Crippen molar-refractivity contribution in [1.29, 1.82) is 0 Å². The largest absolute Gasteiger partial charge is 0.482 e. The third kappa shape index (κ3) is 4.08. The number of hydrogen-bond acceptors (Lipinski definition) is 1. The molecule has 0 spiro atoms. The molecule has 0 amide bonds. The number of ether oxygens (including phenoxy) is 1. The van der Waals surface area contributed by atoms with Crippen LogP contribution in [-0.2, 0) is 11.3 Å². The molecule has 0 bridgehead atoms. The molecule has 0 unspecified atom stereocenters. The minimum Gasteiger partial charge on any atom is -0.482 e. The fourth-order valence-electron chi connectivity index (χ4n) is 1.27. The smallest absolute Gasteiger partial charge is 0.460 e. The zero-order chi connectivity index (χ0) is 17.2. The predicted molar refractivity (Wildman–Crippen MR) is 56.4 cm³/mol. The van der Waals surface area contributed by atoms with Crippen LogP contribution in [0.3, 0.4) is 0 Å². The Kier molecular flexibility index (Phi) is 5.03. The highest BCUT2D eigenvalue weighted by Crippen LogP contribution is 2.45. The Morgan fingerprint density at radius 2 is 1.36 bits per heavy atom. The normalized spacial score (nSPS) is 14.6. The number of alkyl halides is 8. The average Bonchev–Trinajstić information content (AvgIpc) is 2.37. The fourth-order valence-corrected chi connectivity index (χ4v) is 1.27. The van der Waals surface area contributed by atoms with Crippen molar-refractivity contribution in [2.75, 3.05) is 0 Å². The van der Waals surface area contributed by atoms with Gasteiger partial charge in [0.1, 0.15) is 6.61 Å². The number of rotatable bonds is 4. The van der Waals surface area contributed by atoms with Gasteiger partial charge >= 0.3 is 18.3 Å². The standard InChI is InChI=1S/C12H7F9O/c13-8(10(14,15)12(19,20)21)9(11(16,17)18)22-6-7-4-2-1-3-5-7/h1-5H,6H2/b9-8+. The van der Waals surface area contributed by atoms with Crippen molar-refractivity contribution in [3.05, 3.63) is 47.5 Å². The SMILES string of the molecule is F/C(=C(/OCc1ccccc1)C(F)(F)F)C(F)(F)C(F)(F)F. The van der Waals surface area contributed by atoms with Gasteiger partial charge < -0.3 is 4.74 Å². The number of benzene rings is 1. The number of hydrogen-bond donors (Lipinski definition) is 0. The van der Waals surface area contributed by atoms with E-state index in [-0.39, 0.29) is 5.56 Å². The number of allylic oxidation sites excluding steroid dienone is 2. The Morgan fingerprint density at radius 1 is 0.864 bits per heavy atom. The Labute approximate surface area is 118 Å². The lowest BCUT2D eigenvalue weighted by Crippen LogP contribution is -2.39. The van der Waals surface area contributed by atoms with Gasteiger partial charge in [0, 0.05) is 0 Å². The van der Waals surface area contributed by atoms with E-state index in [2.05, 4.69) is 4.74 Å². The van der Waals surface area contributed by atoms with Crippen LogP contribution in [0.2, 0.25) is 0 Å². The summed E-state index contributed by atoms with van der Waals surface area (Å²) in [5.74, 6) is -13.1. The molecule has 1 aromatic carbocycles. The molecule has 0 atom stereocenters. The summed E-state index contributed by atoms with van der Waals surface area (Å²) in [5.41, 5.74) is 0.0207. The van der Waals surface area contributed by atoms with Gasteiger partial charge in [-0.2, -0.15) is 35.1 Å². The van der Waals surface area contributed by atoms with Crippen molar-refractivity contribution in [2.45, 2.75) is 24.9 Å². The first-order valence-electron chi connectivity index (χ1n) is 5.46. The first-order chi connectivity index (χ1) is 9.87. The zero-order valence-corrected chi connectivity index (χ0v) is 10.4. The highest BCUT2D eigenvalue weighted by atomic mass is 19.4. The summed E-state index contributed by atoms with van der Waals surface area (Å²) in [5, 5.41) is 0. The summed E-state index contributed by atoms with van der Waals surface area (Å²) < 4.78 is 116. The maximum absolute atomic E-state index is 13.1. The summed E-state index contributed by atoms with van der Waals surface area (Å²) in [6.07, 6.45) is -12.4. The third-order valence-electron chi connectivity index (χ3n) is 2.31. The minimum absolute atomic E-state index is 0.0207. The second kappa shape index (κ2) is 6.09. The molecule has 0 aromatic heterocycles. The highest BCUT2D eigenvalue weighted by Gasteiger charge is 2.64. The lowest BCUT2D eigenvalue weighted by atomic mass is 10.2. The maximum Gasteiger partial charge on any atom is 0.460 e. The molecular weight excluding hydrogens is 331 g/mol. The molecule has 0 fully saturated rings. The van der Waals surface area contributed by atoms with Gasteiger partial charge in [-0.25, -0.2) is 4.39 Å². The second-order valence-corrected chi connectivity index (χ2v) is 3.99. The summed E-state index contributed by atoms with van der Waals surface area (Å²) in [6, 6.07) is 6.62. The monoisotopic (exact) mass is 338 g/mol. The van der Waals surface area contributed by atoms with Crippen molar-refractivity contribution in [3.8, 4) is 0 Å². The molecule has 0 aliphatic carbocycles. The molecule has 0 N–H and O–H groups in total. The van der Waals surface area contributed by atoms with Crippen LogP contribution in [0.25, 0.3) is 0 Å². The van der Waals surface area contributed by atoms with Gasteiger partial charge in [-0.1, -0.05) is 30.3 Å². The van der Waals surface area contributed by atoms with E-state index in [1.165, 1.54) is 30.3 Å². The van der Waals surface area contributed by atoms with E-state index in [4.69, 9.17) is 0 Å². The van der Waals surface area contributed by atoms with Crippen molar-refractivity contribution in [3.63, 3.8) is 0 Å². The Hall–Kier alpha value is -1.87. The van der Waals surface area contributed by atoms with Crippen molar-refractivity contribution >= 4 is 0 Å². The maximum atomic E-state index is 13.1. The van der Waals surface area contributed by atoms with Gasteiger partial charge in [-0.15, -0.1) is 0 Å². The van der Waals surface area contributed by atoms with Gasteiger partial charge in [-0.3, -0.25) is 0 Å². The minimum atomic E-state index is -6.52. The van der Waals surface area contributed by atoms with Crippen molar-refractivity contribution in [2.24, 2.45) is 0 Å². The van der Waals surface area contributed by atoms with Gasteiger partial charge in [0.05, 0.1) is 0 Å². The van der Waals surface area contributed by atoms with Crippen LogP contribution in [-0.4, -0.2) is 18.3 Å². The zero-order valence-electron chi connectivity index (χ0n) is 10.4. The fraction of sp³-hybridized carbons (Fsp3) is 0.333. The van der Waals surface area contributed by atoms with E-state index < -0.39 is 36.5 Å². The lowest BCUT2D eigenvalue weighted by Gasteiger charge is -2.21. The first-order valence-corrected chi connectivity index (χ1v) is 5.46. The van der Waals surface area contributed by atoms with E-state index in [9.17, 15) is 39.5 Å². The molecule has 124 valence electrons. The summed E-state index contributed by atoms with van der Waals surface area (Å²) in [4.78, 5) is 0. The molecule has 0 heterocycles. The predicted octanol–water partition coefficient (Wildman–Crippen LogP) is 5.14. The molecule has 0 saturated heterocycles. The van der Waals surface area contributed by atoms with E-state index >= 15 is 0 Å². The van der Waals surface area contributed by atoms with Gasteiger partial charge in [0.25, 0.3) is 0 Å². The van der Waals surface area contributed by atoms with Gasteiger partial charge in [-0.05, 0) is 5.56 Å². The van der Waals surface area contributed by atoms with E-state index in [1.54, 1.807) is 0 Å². The van der Waals surface area contributed by atoms with Crippen LogP contribution in [0.15, 0.2) is 41.9 Å². The molecule has 10 heteroatoms. The molecular formula is C12H7F9O. The molecule has 1 rings (SSSR count).